The Labute approximate surface area is 301 Å². The highest BCUT2D eigenvalue weighted by Gasteiger charge is 2.09. The second-order valence-electron chi connectivity index (χ2n) is 12.6. The summed E-state index contributed by atoms with van der Waals surface area (Å²) in [4.78, 5) is 0. The minimum atomic E-state index is 0.173. The van der Waals surface area contributed by atoms with E-state index < -0.39 is 0 Å². The van der Waals surface area contributed by atoms with E-state index in [0.29, 0.717) is 92.3 Å². The summed E-state index contributed by atoms with van der Waals surface area (Å²) in [6.07, 6.45) is 21.8. The summed E-state index contributed by atoms with van der Waals surface area (Å²) in [6, 6.07) is 4.60. The topological polar surface area (TPSA) is 105 Å². The fourth-order valence-electron chi connectivity index (χ4n) is 5.44. The Kier molecular flexibility index (Phi) is 30.2. The first-order valence-electron chi connectivity index (χ1n) is 19.0. The van der Waals surface area contributed by atoms with E-state index in [1.54, 1.807) is 6.07 Å². The molecule has 0 saturated carbocycles. The van der Waals surface area contributed by atoms with Crippen LogP contribution < -0.4 is 0 Å². The van der Waals surface area contributed by atoms with Gasteiger partial charge in [0.2, 0.25) is 0 Å². The van der Waals surface area contributed by atoms with E-state index in [2.05, 4.69) is 23.9 Å². The quantitative estimate of drug-likeness (QED) is 0.0408. The van der Waals surface area contributed by atoms with Crippen molar-refractivity contribution in [2.24, 2.45) is 5.92 Å². The third-order valence-electron chi connectivity index (χ3n) is 8.34. The number of phenols is 2. The van der Waals surface area contributed by atoms with E-state index in [9.17, 15) is 10.2 Å². The van der Waals surface area contributed by atoms with Gasteiger partial charge >= 0.3 is 0 Å². The van der Waals surface area contributed by atoms with Gasteiger partial charge in [-0.2, -0.15) is 11.8 Å². The van der Waals surface area contributed by atoms with E-state index in [-0.39, 0.29) is 11.5 Å². The molecule has 2 rings (SSSR count). The smallest absolute Gasteiger partial charge is 0.119 e. The first-order chi connectivity index (χ1) is 24.3. The Bertz CT molecular complexity index is 888. The second kappa shape index (κ2) is 33.8. The molecule has 49 heavy (non-hydrogen) atoms. The standard InChI is InChI=1S/C39H68O9S/c40-38-17-18-39(41)37(34-38)16-10-12-20-43-22-24-45-26-28-47-30-32-48-31-29-46-27-25-44-23-21-42-19-11-5-3-1-2-4-6-13-33-49-35-36-14-8-7-9-15-36/h7-8,17-18,34,36,40-41H,1-6,9-16,19-33,35H2. The Hall–Kier alpha value is -1.37. The number of rotatable bonds is 36. The number of phenolic OH excluding ortho intramolecular Hbond substituents is 2. The van der Waals surface area contributed by atoms with Crippen molar-refractivity contribution in [3.63, 3.8) is 0 Å². The molecule has 0 amide bonds. The SMILES string of the molecule is Oc1ccc(O)c(CCCCOCCOCCOCCOCCOCCOCCOCCCCCCCCCCSCC2CC=CCC2)c1. The fourth-order valence-corrected chi connectivity index (χ4v) is 6.65. The zero-order valence-electron chi connectivity index (χ0n) is 30.3. The lowest BCUT2D eigenvalue weighted by atomic mass is 9.97. The number of ether oxygens (including phenoxy) is 7. The van der Waals surface area contributed by atoms with Crippen molar-refractivity contribution in [1.82, 2.24) is 0 Å². The average molecular weight is 713 g/mol. The third kappa shape index (κ3) is 28.0. The molecule has 1 atom stereocenters. The summed E-state index contributed by atoms with van der Waals surface area (Å²) in [5, 5.41) is 19.3. The normalized spacial score (nSPS) is 14.6. The lowest BCUT2D eigenvalue weighted by Gasteiger charge is -2.16. The van der Waals surface area contributed by atoms with E-state index in [1.165, 1.54) is 87.8 Å². The van der Waals surface area contributed by atoms with E-state index >= 15 is 0 Å². The molecule has 0 spiro atoms. The highest BCUT2D eigenvalue weighted by atomic mass is 32.2. The van der Waals surface area contributed by atoms with Gasteiger partial charge in [-0.1, -0.05) is 50.7 Å². The van der Waals surface area contributed by atoms with Crippen LogP contribution in [0.1, 0.15) is 89.0 Å². The van der Waals surface area contributed by atoms with Crippen LogP contribution in [0.5, 0.6) is 11.5 Å². The molecule has 10 heteroatoms. The summed E-state index contributed by atoms with van der Waals surface area (Å²) in [7, 11) is 0. The number of aryl methyl sites for hydroxylation is 1. The molecule has 9 nitrogen and oxygen atoms in total. The third-order valence-corrected chi connectivity index (χ3v) is 9.62. The van der Waals surface area contributed by atoms with Gasteiger partial charge in [0.1, 0.15) is 11.5 Å². The van der Waals surface area contributed by atoms with Gasteiger partial charge in [0.15, 0.2) is 0 Å². The van der Waals surface area contributed by atoms with Crippen molar-refractivity contribution in [2.45, 2.75) is 89.9 Å². The molecule has 1 aromatic rings. The van der Waals surface area contributed by atoms with E-state index in [0.717, 1.165) is 37.4 Å². The summed E-state index contributed by atoms with van der Waals surface area (Å²) in [6.45, 7) is 8.09. The maximum atomic E-state index is 9.78. The lowest BCUT2D eigenvalue weighted by molar-refractivity contribution is -0.0206. The van der Waals surface area contributed by atoms with Crippen molar-refractivity contribution in [3.05, 3.63) is 35.9 Å². The zero-order valence-corrected chi connectivity index (χ0v) is 31.2. The molecule has 0 saturated heterocycles. The molecule has 284 valence electrons. The number of benzene rings is 1. The van der Waals surface area contributed by atoms with Crippen LogP contribution in [-0.2, 0) is 39.6 Å². The van der Waals surface area contributed by atoms with Crippen LogP contribution in [0.15, 0.2) is 30.4 Å². The van der Waals surface area contributed by atoms with E-state index in [4.69, 9.17) is 33.2 Å². The number of unbranched alkanes of at least 4 members (excludes halogenated alkanes) is 8. The molecule has 0 heterocycles. The van der Waals surface area contributed by atoms with Crippen LogP contribution in [-0.4, -0.2) is 114 Å². The lowest BCUT2D eigenvalue weighted by Crippen LogP contribution is -2.14. The molecular weight excluding hydrogens is 644 g/mol. The Balaban J connectivity index is 1.14. The van der Waals surface area contributed by atoms with Crippen LogP contribution in [0.2, 0.25) is 0 Å². The maximum Gasteiger partial charge on any atom is 0.119 e. The molecule has 0 aliphatic heterocycles. The molecule has 1 aliphatic rings. The number of thioether (sulfide) groups is 1. The van der Waals surface area contributed by atoms with Crippen molar-refractivity contribution in [2.75, 3.05) is 104 Å². The minimum Gasteiger partial charge on any atom is -0.508 e. The van der Waals surface area contributed by atoms with Crippen molar-refractivity contribution >= 4 is 11.8 Å². The summed E-state index contributed by atoms with van der Waals surface area (Å²) < 4.78 is 38.9. The Morgan fingerprint density at radius 1 is 0.531 bits per heavy atom. The first-order valence-corrected chi connectivity index (χ1v) is 20.2. The van der Waals surface area contributed by atoms with Gasteiger partial charge in [-0.05, 0) is 92.6 Å². The van der Waals surface area contributed by atoms with Crippen LogP contribution >= 0.6 is 11.8 Å². The molecule has 0 aromatic heterocycles. The highest BCUT2D eigenvalue weighted by Crippen LogP contribution is 2.24. The Morgan fingerprint density at radius 3 is 1.51 bits per heavy atom. The van der Waals surface area contributed by atoms with Gasteiger partial charge in [-0.25, -0.2) is 0 Å². The second-order valence-corrected chi connectivity index (χ2v) is 13.8. The molecular formula is C39H68O9S. The zero-order chi connectivity index (χ0) is 34.7. The number of allylic oxidation sites excluding steroid dienone is 2. The van der Waals surface area contributed by atoms with Gasteiger partial charge in [-0.3, -0.25) is 0 Å². The van der Waals surface area contributed by atoms with Crippen molar-refractivity contribution < 1.29 is 43.4 Å². The van der Waals surface area contributed by atoms with Crippen LogP contribution in [0, 0.1) is 5.92 Å². The van der Waals surface area contributed by atoms with Crippen LogP contribution in [0.25, 0.3) is 0 Å². The fraction of sp³-hybridized carbons (Fsp3) is 0.795. The van der Waals surface area contributed by atoms with Gasteiger partial charge in [0.05, 0.1) is 79.3 Å². The van der Waals surface area contributed by atoms with Crippen LogP contribution in [0.3, 0.4) is 0 Å². The Morgan fingerprint density at radius 2 is 1.00 bits per heavy atom. The average Bonchev–Trinajstić information content (AvgIpc) is 3.11. The summed E-state index contributed by atoms with van der Waals surface area (Å²) in [5.74, 6) is 4.04. The predicted octanol–water partition coefficient (Wildman–Crippen LogP) is 7.75. The van der Waals surface area contributed by atoms with Gasteiger partial charge in [-0.15, -0.1) is 0 Å². The van der Waals surface area contributed by atoms with Crippen LogP contribution in [0.4, 0.5) is 0 Å². The van der Waals surface area contributed by atoms with Gasteiger partial charge in [0, 0.05) is 13.2 Å². The highest BCUT2D eigenvalue weighted by molar-refractivity contribution is 7.99. The molecule has 1 aromatic carbocycles. The number of hydrogen-bond acceptors (Lipinski definition) is 10. The molecule has 0 radical (unpaired) electrons. The molecule has 1 aliphatic carbocycles. The largest absolute Gasteiger partial charge is 0.508 e. The molecule has 0 bridgehead atoms. The minimum absolute atomic E-state index is 0.173. The molecule has 0 fully saturated rings. The maximum absolute atomic E-state index is 9.78. The van der Waals surface area contributed by atoms with Crippen molar-refractivity contribution in [3.8, 4) is 11.5 Å². The predicted molar refractivity (Wildman–Crippen MR) is 199 cm³/mol. The van der Waals surface area contributed by atoms with Gasteiger partial charge < -0.3 is 43.4 Å². The number of hydrogen-bond donors (Lipinski definition) is 2. The van der Waals surface area contributed by atoms with Crippen molar-refractivity contribution in [1.29, 1.82) is 0 Å². The summed E-state index contributed by atoms with van der Waals surface area (Å²) >= 11 is 2.17. The molecule has 1 unspecified atom stereocenters. The number of aromatic hydroxyl groups is 2. The monoisotopic (exact) mass is 712 g/mol. The summed E-state index contributed by atoms with van der Waals surface area (Å²) in [5.41, 5.74) is 0.759. The first kappa shape index (κ1) is 43.8. The van der Waals surface area contributed by atoms with Gasteiger partial charge in [0.25, 0.3) is 0 Å². The molecule has 2 N–H and O–H groups in total. The van der Waals surface area contributed by atoms with E-state index in [1.807, 2.05) is 0 Å².